The fraction of sp³-hybridized carbons (Fsp3) is 0.636. The van der Waals surface area contributed by atoms with E-state index < -0.39 is 35.8 Å². The first-order valence-electron chi connectivity index (χ1n) is 5.99. The number of hydrogen-bond donors (Lipinski definition) is 5. The van der Waals surface area contributed by atoms with Crippen LogP contribution in [0.3, 0.4) is 0 Å². The summed E-state index contributed by atoms with van der Waals surface area (Å²) in [6.45, 7) is 0. The van der Waals surface area contributed by atoms with Crippen LogP contribution in [-0.2, 0) is 19.2 Å². The molecule has 0 aromatic rings. The Labute approximate surface area is 115 Å². The fourth-order valence-electron chi connectivity index (χ4n) is 1.40. The highest BCUT2D eigenvalue weighted by Gasteiger charge is 2.23. The molecule has 0 aliphatic carbocycles. The van der Waals surface area contributed by atoms with Crippen molar-refractivity contribution in [2.24, 2.45) is 5.73 Å². The van der Waals surface area contributed by atoms with Crippen LogP contribution >= 0.6 is 0 Å². The largest absolute Gasteiger partial charge is 0.481 e. The molecule has 9 heteroatoms. The highest BCUT2D eigenvalue weighted by atomic mass is 16.4. The van der Waals surface area contributed by atoms with Crippen LogP contribution in [0.4, 0.5) is 0 Å². The minimum atomic E-state index is -1.09. The standard InChI is InChI=1S/C11H19N3O6/c1-13-11(20)7(3-5-9(17)18)14-10(19)6(12)2-4-8(15)16/h6-7H,2-5,12H2,1H3,(H,13,20)(H,14,19)(H,15,16)(H,17,18)/t6-,7-/m0/s1. The van der Waals surface area contributed by atoms with E-state index in [1.165, 1.54) is 7.05 Å². The Bertz CT molecular complexity index is 384. The van der Waals surface area contributed by atoms with Gasteiger partial charge < -0.3 is 26.6 Å². The van der Waals surface area contributed by atoms with Crippen molar-refractivity contribution < 1.29 is 29.4 Å². The number of carboxylic acid groups (broad SMARTS) is 2. The normalized spacial score (nSPS) is 13.1. The van der Waals surface area contributed by atoms with Gasteiger partial charge in [-0.2, -0.15) is 0 Å². The molecule has 0 saturated carbocycles. The van der Waals surface area contributed by atoms with Crippen LogP contribution in [0, 0.1) is 0 Å². The smallest absolute Gasteiger partial charge is 0.303 e. The van der Waals surface area contributed by atoms with Crippen molar-refractivity contribution in [3.8, 4) is 0 Å². The Morgan fingerprint density at radius 2 is 1.50 bits per heavy atom. The summed E-state index contributed by atoms with van der Waals surface area (Å²) in [6, 6.07) is -2.08. The number of carbonyl (C=O) groups excluding carboxylic acids is 2. The molecule has 0 rings (SSSR count). The van der Waals surface area contributed by atoms with Gasteiger partial charge in [-0.1, -0.05) is 0 Å². The predicted molar refractivity (Wildman–Crippen MR) is 67.7 cm³/mol. The molecule has 20 heavy (non-hydrogen) atoms. The zero-order valence-electron chi connectivity index (χ0n) is 11.1. The first-order chi connectivity index (χ1) is 9.27. The zero-order chi connectivity index (χ0) is 15.7. The third-order valence-electron chi connectivity index (χ3n) is 2.53. The second-order valence-electron chi connectivity index (χ2n) is 4.15. The average molecular weight is 289 g/mol. The second kappa shape index (κ2) is 8.86. The van der Waals surface area contributed by atoms with E-state index in [1.807, 2.05) is 0 Å². The van der Waals surface area contributed by atoms with Gasteiger partial charge in [0, 0.05) is 19.9 Å². The van der Waals surface area contributed by atoms with Crippen LogP contribution in [0.15, 0.2) is 0 Å². The van der Waals surface area contributed by atoms with Gasteiger partial charge in [0.2, 0.25) is 11.8 Å². The van der Waals surface area contributed by atoms with E-state index in [-0.39, 0.29) is 25.7 Å². The van der Waals surface area contributed by atoms with E-state index >= 15 is 0 Å². The van der Waals surface area contributed by atoms with Crippen LogP contribution in [0.1, 0.15) is 25.7 Å². The molecule has 0 spiro atoms. The lowest BCUT2D eigenvalue weighted by molar-refractivity contribution is -0.139. The number of aliphatic carboxylic acids is 2. The van der Waals surface area contributed by atoms with Crippen LogP contribution in [0.2, 0.25) is 0 Å². The molecule has 9 nitrogen and oxygen atoms in total. The first-order valence-corrected chi connectivity index (χ1v) is 5.99. The number of nitrogens with one attached hydrogen (secondary N) is 2. The van der Waals surface area contributed by atoms with Crippen LogP contribution < -0.4 is 16.4 Å². The van der Waals surface area contributed by atoms with Gasteiger partial charge in [-0.25, -0.2) is 0 Å². The Balaban J connectivity index is 4.47. The molecule has 0 unspecified atom stereocenters. The third kappa shape index (κ3) is 7.31. The number of likely N-dealkylation sites (N-methyl/N-ethyl adjacent to an activating group) is 1. The van der Waals surface area contributed by atoms with E-state index in [0.717, 1.165) is 0 Å². The summed E-state index contributed by atoms with van der Waals surface area (Å²) < 4.78 is 0. The van der Waals surface area contributed by atoms with Gasteiger partial charge in [0.1, 0.15) is 6.04 Å². The summed E-state index contributed by atoms with van der Waals surface area (Å²) >= 11 is 0. The molecule has 0 aromatic heterocycles. The topological polar surface area (TPSA) is 159 Å². The highest BCUT2D eigenvalue weighted by molar-refractivity contribution is 5.90. The van der Waals surface area contributed by atoms with E-state index in [2.05, 4.69) is 10.6 Å². The first kappa shape index (κ1) is 17.8. The molecule has 0 radical (unpaired) electrons. The molecule has 0 aliphatic heterocycles. The summed E-state index contributed by atoms with van der Waals surface area (Å²) in [7, 11) is 1.35. The molecule has 0 heterocycles. The van der Waals surface area contributed by atoms with Crippen LogP contribution in [0.5, 0.6) is 0 Å². The molecule has 0 bridgehead atoms. The maximum Gasteiger partial charge on any atom is 0.303 e. The van der Waals surface area contributed by atoms with Gasteiger partial charge in [-0.15, -0.1) is 0 Å². The van der Waals surface area contributed by atoms with Crippen molar-refractivity contribution >= 4 is 23.8 Å². The summed E-state index contributed by atoms with van der Waals surface area (Å²) in [5.74, 6) is -3.40. The van der Waals surface area contributed by atoms with Gasteiger partial charge in [0.05, 0.1) is 6.04 Å². The summed E-state index contributed by atoms with van der Waals surface area (Å²) in [5, 5.41) is 21.7. The monoisotopic (exact) mass is 289 g/mol. The quantitative estimate of drug-likeness (QED) is 0.337. The average Bonchev–Trinajstić information content (AvgIpc) is 2.39. The lowest BCUT2D eigenvalue weighted by Gasteiger charge is -2.19. The van der Waals surface area contributed by atoms with Crippen molar-refractivity contribution in [1.29, 1.82) is 0 Å². The number of nitrogens with two attached hydrogens (primary N) is 1. The van der Waals surface area contributed by atoms with Crippen molar-refractivity contribution in [2.45, 2.75) is 37.8 Å². The lowest BCUT2D eigenvalue weighted by Crippen LogP contribution is -2.51. The third-order valence-corrected chi connectivity index (χ3v) is 2.53. The molecular formula is C11H19N3O6. The fourth-order valence-corrected chi connectivity index (χ4v) is 1.40. The molecule has 2 amide bonds. The molecule has 0 aromatic carbocycles. The molecule has 2 atom stereocenters. The Morgan fingerprint density at radius 1 is 1.00 bits per heavy atom. The molecule has 0 saturated heterocycles. The number of carbonyl (C=O) groups is 4. The molecule has 0 aliphatic rings. The Morgan fingerprint density at radius 3 is 1.95 bits per heavy atom. The van der Waals surface area contributed by atoms with E-state index in [9.17, 15) is 19.2 Å². The van der Waals surface area contributed by atoms with E-state index in [0.29, 0.717) is 0 Å². The number of hydrogen-bond acceptors (Lipinski definition) is 5. The summed E-state index contributed by atoms with van der Waals surface area (Å²) in [4.78, 5) is 44.0. The summed E-state index contributed by atoms with van der Waals surface area (Å²) in [5.41, 5.74) is 5.49. The Hall–Kier alpha value is -2.16. The Kier molecular flexibility index (Phi) is 7.90. The maximum atomic E-state index is 11.7. The van der Waals surface area contributed by atoms with Gasteiger partial charge in [0.15, 0.2) is 0 Å². The zero-order valence-corrected chi connectivity index (χ0v) is 11.1. The van der Waals surface area contributed by atoms with Gasteiger partial charge >= 0.3 is 11.9 Å². The van der Waals surface area contributed by atoms with Crippen molar-refractivity contribution in [3.05, 3.63) is 0 Å². The minimum Gasteiger partial charge on any atom is -0.481 e. The van der Waals surface area contributed by atoms with E-state index in [1.54, 1.807) is 0 Å². The van der Waals surface area contributed by atoms with Crippen molar-refractivity contribution in [3.63, 3.8) is 0 Å². The minimum absolute atomic E-state index is 0.0689. The van der Waals surface area contributed by atoms with E-state index in [4.69, 9.17) is 15.9 Å². The van der Waals surface area contributed by atoms with Gasteiger partial charge in [-0.3, -0.25) is 19.2 Å². The lowest BCUT2D eigenvalue weighted by atomic mass is 10.1. The molecule has 6 N–H and O–H groups in total. The van der Waals surface area contributed by atoms with Crippen molar-refractivity contribution in [2.75, 3.05) is 7.05 Å². The van der Waals surface area contributed by atoms with Crippen LogP contribution in [-0.4, -0.2) is 53.1 Å². The molecule has 114 valence electrons. The number of carboxylic acids is 2. The van der Waals surface area contributed by atoms with Crippen molar-refractivity contribution in [1.82, 2.24) is 10.6 Å². The van der Waals surface area contributed by atoms with Gasteiger partial charge in [-0.05, 0) is 12.8 Å². The van der Waals surface area contributed by atoms with Crippen LogP contribution in [0.25, 0.3) is 0 Å². The predicted octanol–water partition coefficient (Wildman–Crippen LogP) is -1.73. The SMILES string of the molecule is CNC(=O)[C@H](CCC(=O)O)NC(=O)[C@@H](N)CCC(=O)O. The van der Waals surface area contributed by atoms with Gasteiger partial charge in [0.25, 0.3) is 0 Å². The maximum absolute atomic E-state index is 11.7. The molecule has 0 fully saturated rings. The number of amides is 2. The second-order valence-corrected chi connectivity index (χ2v) is 4.15. The highest BCUT2D eigenvalue weighted by Crippen LogP contribution is 2.01. The summed E-state index contributed by atoms with van der Waals surface area (Å²) in [6.07, 6.45) is -0.704. The number of rotatable bonds is 9. The molecular weight excluding hydrogens is 270 g/mol.